The minimum atomic E-state index is -0.285. The Morgan fingerprint density at radius 2 is 1.86 bits per heavy atom. The predicted octanol–water partition coefficient (Wildman–Crippen LogP) is 2.18. The van der Waals surface area contributed by atoms with Gasteiger partial charge in [-0.15, -0.1) is 0 Å². The molecule has 0 N–H and O–H groups in total. The van der Waals surface area contributed by atoms with Crippen LogP contribution in [0.2, 0.25) is 0 Å². The van der Waals surface area contributed by atoms with E-state index in [0.717, 1.165) is 13.1 Å². The van der Waals surface area contributed by atoms with E-state index in [4.69, 9.17) is 4.74 Å². The summed E-state index contributed by atoms with van der Waals surface area (Å²) in [7, 11) is 0. The van der Waals surface area contributed by atoms with Gasteiger partial charge in [0.2, 0.25) is 0 Å². The molecule has 0 spiro atoms. The molecule has 0 radical (unpaired) electrons. The first-order valence-electron chi connectivity index (χ1n) is 5.19. The van der Waals surface area contributed by atoms with Crippen LogP contribution in [0.15, 0.2) is 12.2 Å². The summed E-state index contributed by atoms with van der Waals surface area (Å²) in [6.45, 7) is 13.3. The van der Waals surface area contributed by atoms with E-state index in [1.165, 1.54) is 0 Å². The first-order valence-corrected chi connectivity index (χ1v) is 5.19. The van der Waals surface area contributed by atoms with Crippen LogP contribution in [0, 0.1) is 0 Å². The van der Waals surface area contributed by atoms with Crippen molar-refractivity contribution >= 4 is 5.97 Å². The van der Waals surface area contributed by atoms with Crippen molar-refractivity contribution in [1.82, 2.24) is 4.90 Å². The van der Waals surface area contributed by atoms with Crippen LogP contribution in [0.3, 0.4) is 0 Å². The molecule has 1 unspecified atom stereocenters. The van der Waals surface area contributed by atoms with E-state index in [2.05, 4.69) is 11.5 Å². The topological polar surface area (TPSA) is 29.5 Å². The highest BCUT2D eigenvalue weighted by Crippen LogP contribution is 2.06. The lowest BCUT2D eigenvalue weighted by atomic mass is 10.2. The van der Waals surface area contributed by atoms with E-state index in [-0.39, 0.29) is 12.2 Å². The minimum absolute atomic E-state index is 0.166. The molecule has 0 aliphatic heterocycles. The molecule has 0 amide bonds. The van der Waals surface area contributed by atoms with Crippen LogP contribution in [0.25, 0.3) is 0 Å². The highest BCUT2D eigenvalue weighted by molar-refractivity contribution is 5.87. The van der Waals surface area contributed by atoms with Gasteiger partial charge in [-0.3, -0.25) is 4.90 Å². The number of carbonyl (C=O) groups excluding carboxylic acids is 1. The fourth-order valence-electron chi connectivity index (χ4n) is 1.19. The molecule has 0 aromatic heterocycles. The molecule has 0 saturated carbocycles. The average Bonchev–Trinajstić information content (AvgIpc) is 2.18. The second kappa shape index (κ2) is 6.60. The zero-order chi connectivity index (χ0) is 11.1. The number of carbonyl (C=O) groups is 1. The summed E-state index contributed by atoms with van der Waals surface area (Å²) in [5.74, 6) is -0.285. The summed E-state index contributed by atoms with van der Waals surface area (Å²) in [5, 5.41) is 0. The van der Waals surface area contributed by atoms with Gasteiger partial charge in [-0.05, 0) is 26.4 Å². The Bertz CT molecular complexity index is 197. The third-order valence-corrected chi connectivity index (χ3v) is 2.32. The fraction of sp³-hybridized carbons (Fsp3) is 0.727. The second-order valence-corrected chi connectivity index (χ2v) is 3.18. The highest BCUT2D eigenvalue weighted by Gasteiger charge is 2.15. The first kappa shape index (κ1) is 13.2. The Morgan fingerprint density at radius 3 is 2.21 bits per heavy atom. The molecule has 3 nitrogen and oxygen atoms in total. The molecule has 0 saturated heterocycles. The van der Waals surface area contributed by atoms with Crippen molar-refractivity contribution in [2.75, 3.05) is 13.1 Å². The Kier molecular flexibility index (Phi) is 6.21. The number of hydrogen-bond donors (Lipinski definition) is 0. The molecular weight excluding hydrogens is 178 g/mol. The molecule has 1 atom stereocenters. The third kappa shape index (κ3) is 3.92. The summed E-state index contributed by atoms with van der Waals surface area (Å²) >= 11 is 0. The van der Waals surface area contributed by atoms with Gasteiger partial charge in [-0.2, -0.15) is 0 Å². The van der Waals surface area contributed by atoms with E-state index < -0.39 is 0 Å². The third-order valence-electron chi connectivity index (χ3n) is 2.32. The van der Waals surface area contributed by atoms with Gasteiger partial charge < -0.3 is 4.74 Å². The molecule has 82 valence electrons. The van der Waals surface area contributed by atoms with Crippen molar-refractivity contribution in [1.29, 1.82) is 0 Å². The maximum atomic E-state index is 11.4. The van der Waals surface area contributed by atoms with Gasteiger partial charge in [-0.25, -0.2) is 4.79 Å². The van der Waals surface area contributed by atoms with Crippen LogP contribution in [0.1, 0.15) is 34.1 Å². The summed E-state index contributed by atoms with van der Waals surface area (Å²) in [4.78, 5) is 13.4. The van der Waals surface area contributed by atoms with Gasteiger partial charge in [-0.1, -0.05) is 27.4 Å². The largest absolute Gasteiger partial charge is 0.443 e. The zero-order valence-corrected chi connectivity index (χ0v) is 9.67. The number of ether oxygens (including phenoxy) is 1. The van der Waals surface area contributed by atoms with Crippen LogP contribution in [-0.4, -0.2) is 30.2 Å². The minimum Gasteiger partial charge on any atom is -0.443 e. The zero-order valence-electron chi connectivity index (χ0n) is 9.67. The standard InChI is InChI=1S/C11H21NO2/c1-6-9(4)11(13)14-10(5)12(7-2)8-3/h10H,4,6-8H2,1-3,5H3. The smallest absolute Gasteiger partial charge is 0.334 e. The predicted molar refractivity (Wildman–Crippen MR) is 57.9 cm³/mol. The number of hydrogen-bond acceptors (Lipinski definition) is 3. The molecule has 0 aromatic rings. The quantitative estimate of drug-likeness (QED) is 0.373. The van der Waals surface area contributed by atoms with Crippen molar-refractivity contribution in [3.63, 3.8) is 0 Å². The molecule has 3 heteroatoms. The Hall–Kier alpha value is -0.830. The Balaban J connectivity index is 4.10. The monoisotopic (exact) mass is 199 g/mol. The molecule has 14 heavy (non-hydrogen) atoms. The van der Waals surface area contributed by atoms with Crippen LogP contribution >= 0.6 is 0 Å². The molecule has 0 bridgehead atoms. The summed E-state index contributed by atoms with van der Waals surface area (Å²) in [6.07, 6.45) is 0.477. The lowest BCUT2D eigenvalue weighted by Gasteiger charge is -2.26. The molecular formula is C11H21NO2. The maximum Gasteiger partial charge on any atom is 0.334 e. The van der Waals surface area contributed by atoms with Crippen LogP contribution in [0.4, 0.5) is 0 Å². The molecule has 0 aliphatic carbocycles. The van der Waals surface area contributed by atoms with E-state index in [1.807, 2.05) is 27.7 Å². The lowest BCUT2D eigenvalue weighted by molar-refractivity contribution is -0.152. The molecule has 0 rings (SSSR count). The van der Waals surface area contributed by atoms with Gasteiger partial charge in [0.15, 0.2) is 6.23 Å². The Labute approximate surface area is 86.7 Å². The highest BCUT2D eigenvalue weighted by atomic mass is 16.6. The lowest BCUT2D eigenvalue weighted by Crippen LogP contribution is -2.36. The molecule has 0 aromatic carbocycles. The molecule has 0 fully saturated rings. The van der Waals surface area contributed by atoms with Gasteiger partial charge in [0.05, 0.1) is 0 Å². The summed E-state index contributed by atoms with van der Waals surface area (Å²) in [5.41, 5.74) is 0.531. The number of esters is 1. The van der Waals surface area contributed by atoms with E-state index in [1.54, 1.807) is 0 Å². The van der Waals surface area contributed by atoms with E-state index in [9.17, 15) is 4.79 Å². The van der Waals surface area contributed by atoms with Gasteiger partial charge >= 0.3 is 5.97 Å². The number of rotatable bonds is 6. The number of nitrogens with zero attached hydrogens (tertiary/aromatic N) is 1. The van der Waals surface area contributed by atoms with E-state index >= 15 is 0 Å². The van der Waals surface area contributed by atoms with Crippen molar-refractivity contribution in [3.05, 3.63) is 12.2 Å². The maximum absolute atomic E-state index is 11.4. The van der Waals surface area contributed by atoms with Gasteiger partial charge in [0.1, 0.15) is 0 Å². The Morgan fingerprint density at radius 1 is 1.36 bits per heavy atom. The van der Waals surface area contributed by atoms with Crippen molar-refractivity contribution < 1.29 is 9.53 Å². The van der Waals surface area contributed by atoms with Crippen LogP contribution < -0.4 is 0 Å². The van der Waals surface area contributed by atoms with E-state index in [0.29, 0.717) is 12.0 Å². The van der Waals surface area contributed by atoms with Gasteiger partial charge in [0, 0.05) is 5.57 Å². The van der Waals surface area contributed by atoms with Crippen molar-refractivity contribution in [2.45, 2.75) is 40.3 Å². The summed E-state index contributed by atoms with van der Waals surface area (Å²) < 4.78 is 5.23. The SMILES string of the molecule is C=C(CC)C(=O)OC(C)N(CC)CC. The fourth-order valence-corrected chi connectivity index (χ4v) is 1.19. The first-order chi connectivity index (χ1) is 6.56. The van der Waals surface area contributed by atoms with Crippen LogP contribution in [0.5, 0.6) is 0 Å². The van der Waals surface area contributed by atoms with Crippen molar-refractivity contribution in [3.8, 4) is 0 Å². The molecule has 0 heterocycles. The summed E-state index contributed by atoms with van der Waals surface area (Å²) in [6, 6.07) is 0. The normalized spacial score (nSPS) is 12.6. The van der Waals surface area contributed by atoms with Crippen molar-refractivity contribution in [2.24, 2.45) is 0 Å². The van der Waals surface area contributed by atoms with Crippen LogP contribution in [-0.2, 0) is 9.53 Å². The average molecular weight is 199 g/mol. The van der Waals surface area contributed by atoms with Gasteiger partial charge in [0.25, 0.3) is 0 Å². The second-order valence-electron chi connectivity index (χ2n) is 3.18. The molecule has 0 aliphatic rings.